The smallest absolute Gasteiger partial charge is 0.357 e. The van der Waals surface area contributed by atoms with Crippen LogP contribution in [0.15, 0.2) is 30.5 Å². The Morgan fingerprint density at radius 3 is 2.76 bits per heavy atom. The zero-order valence-electron chi connectivity index (χ0n) is 18.6. The molecule has 3 aromatic rings. The first-order chi connectivity index (χ1) is 16.2. The molecule has 0 bridgehead atoms. The number of halogens is 3. The highest BCUT2D eigenvalue weighted by Gasteiger charge is 2.36. The molecule has 2 N–H and O–H groups in total. The van der Waals surface area contributed by atoms with Crippen LogP contribution in [0.5, 0.6) is 0 Å². The molecular formula is C23H22F3N7O. The van der Waals surface area contributed by atoms with Crippen molar-refractivity contribution in [1.29, 1.82) is 5.26 Å². The maximum absolute atomic E-state index is 12.7. The maximum Gasteiger partial charge on any atom is 0.389 e. The summed E-state index contributed by atoms with van der Waals surface area (Å²) in [5.41, 5.74) is 3.14. The zero-order valence-corrected chi connectivity index (χ0v) is 18.6. The second-order valence-electron chi connectivity index (χ2n) is 8.23. The van der Waals surface area contributed by atoms with Crippen LogP contribution in [0.1, 0.15) is 24.1 Å². The fourth-order valence-corrected chi connectivity index (χ4v) is 4.08. The lowest BCUT2D eigenvalue weighted by molar-refractivity contribution is -0.143. The van der Waals surface area contributed by atoms with Crippen molar-refractivity contribution in [3.63, 3.8) is 0 Å². The van der Waals surface area contributed by atoms with E-state index in [4.69, 9.17) is 0 Å². The third-order valence-electron chi connectivity index (χ3n) is 5.77. The van der Waals surface area contributed by atoms with Crippen molar-refractivity contribution in [2.75, 3.05) is 30.8 Å². The summed E-state index contributed by atoms with van der Waals surface area (Å²) in [5.74, 6) is -0.205. The molecule has 0 spiro atoms. The van der Waals surface area contributed by atoms with Gasteiger partial charge in [-0.1, -0.05) is 6.07 Å². The van der Waals surface area contributed by atoms with E-state index in [0.29, 0.717) is 40.2 Å². The van der Waals surface area contributed by atoms with Gasteiger partial charge in [-0.25, -0.2) is 14.8 Å². The molecular weight excluding hydrogens is 447 g/mol. The molecule has 176 valence electrons. The fourth-order valence-electron chi connectivity index (χ4n) is 4.08. The molecule has 1 unspecified atom stereocenters. The number of urea groups is 1. The number of rotatable bonds is 4. The number of amides is 2. The molecule has 1 fully saturated rings. The van der Waals surface area contributed by atoms with Crippen LogP contribution in [0, 0.1) is 24.2 Å². The normalized spacial score (nSPS) is 15.9. The van der Waals surface area contributed by atoms with Gasteiger partial charge in [0.15, 0.2) is 11.3 Å². The predicted molar refractivity (Wildman–Crippen MR) is 121 cm³/mol. The number of alkyl halides is 3. The van der Waals surface area contributed by atoms with Crippen LogP contribution in [0.3, 0.4) is 0 Å². The highest BCUT2D eigenvalue weighted by Crippen LogP contribution is 2.32. The van der Waals surface area contributed by atoms with Crippen molar-refractivity contribution in [2.24, 2.45) is 5.92 Å². The first-order valence-corrected chi connectivity index (χ1v) is 10.7. The van der Waals surface area contributed by atoms with Crippen molar-refractivity contribution in [3.05, 3.63) is 41.7 Å². The van der Waals surface area contributed by atoms with E-state index < -0.39 is 24.5 Å². The van der Waals surface area contributed by atoms with Gasteiger partial charge in [-0.15, -0.1) is 0 Å². The molecule has 8 nitrogen and oxygen atoms in total. The van der Waals surface area contributed by atoms with E-state index in [1.807, 2.05) is 6.92 Å². The first-order valence-electron chi connectivity index (χ1n) is 10.7. The molecule has 3 heterocycles. The quantitative estimate of drug-likeness (QED) is 0.573. The Hall–Kier alpha value is -3.94. The van der Waals surface area contributed by atoms with E-state index in [0.717, 1.165) is 5.56 Å². The lowest BCUT2D eigenvalue weighted by Gasteiger charge is -2.19. The van der Waals surface area contributed by atoms with E-state index in [1.54, 1.807) is 37.5 Å². The fraction of sp³-hybridized carbons (Fsp3) is 0.348. The van der Waals surface area contributed by atoms with Crippen LogP contribution in [-0.4, -0.2) is 52.2 Å². The van der Waals surface area contributed by atoms with Gasteiger partial charge >= 0.3 is 12.2 Å². The molecule has 0 aliphatic carbocycles. The van der Waals surface area contributed by atoms with Crippen molar-refractivity contribution in [1.82, 2.24) is 19.9 Å². The number of aromatic nitrogens is 3. The summed E-state index contributed by atoms with van der Waals surface area (Å²) in [5, 5.41) is 15.9. The molecule has 2 aromatic heterocycles. The Morgan fingerprint density at radius 2 is 2.06 bits per heavy atom. The zero-order chi connectivity index (χ0) is 24.5. The number of aryl methyl sites for hydroxylation is 1. The summed E-state index contributed by atoms with van der Waals surface area (Å²) >= 11 is 0. The summed E-state index contributed by atoms with van der Waals surface area (Å²) < 4.78 is 38.0. The average Bonchev–Trinajstić information content (AvgIpc) is 3.26. The first kappa shape index (κ1) is 23.2. The molecule has 1 aliphatic heterocycles. The third kappa shape index (κ3) is 5.01. The largest absolute Gasteiger partial charge is 0.389 e. The summed E-state index contributed by atoms with van der Waals surface area (Å²) in [6, 6.07) is 8.66. The van der Waals surface area contributed by atoms with Crippen LogP contribution < -0.4 is 10.6 Å². The maximum atomic E-state index is 12.7. The Balaban J connectivity index is 1.59. The van der Waals surface area contributed by atoms with Gasteiger partial charge in [-0.05, 0) is 48.6 Å². The highest BCUT2D eigenvalue weighted by molar-refractivity contribution is 5.92. The van der Waals surface area contributed by atoms with E-state index in [1.165, 1.54) is 4.90 Å². The van der Waals surface area contributed by atoms with Crippen LogP contribution in [-0.2, 0) is 0 Å². The molecule has 0 saturated carbocycles. The van der Waals surface area contributed by atoms with E-state index in [-0.39, 0.29) is 18.8 Å². The number of anilines is 2. The molecule has 1 atom stereocenters. The Morgan fingerprint density at radius 1 is 1.26 bits per heavy atom. The molecule has 0 radical (unpaired) electrons. The average molecular weight is 469 g/mol. The number of carbonyl (C=O) groups excluding carboxylic acids is 1. The number of nitrogens with zero attached hydrogens (tertiary/aromatic N) is 5. The van der Waals surface area contributed by atoms with Crippen molar-refractivity contribution >= 4 is 28.7 Å². The summed E-state index contributed by atoms with van der Waals surface area (Å²) in [4.78, 5) is 26.9. The summed E-state index contributed by atoms with van der Waals surface area (Å²) in [7, 11) is 1.68. The molecule has 1 saturated heterocycles. The minimum Gasteiger partial charge on any atom is -0.357 e. The molecule has 2 amide bonds. The van der Waals surface area contributed by atoms with Crippen molar-refractivity contribution in [2.45, 2.75) is 25.9 Å². The Kier molecular flexibility index (Phi) is 6.24. The monoisotopic (exact) mass is 469 g/mol. The topological polar surface area (TPSA) is 107 Å². The highest BCUT2D eigenvalue weighted by atomic mass is 19.4. The van der Waals surface area contributed by atoms with Crippen LogP contribution in [0.25, 0.3) is 22.2 Å². The van der Waals surface area contributed by atoms with Gasteiger partial charge in [0.25, 0.3) is 0 Å². The van der Waals surface area contributed by atoms with Gasteiger partial charge in [0.2, 0.25) is 5.95 Å². The summed E-state index contributed by atoms with van der Waals surface area (Å²) in [6.07, 6.45) is -3.21. The van der Waals surface area contributed by atoms with Gasteiger partial charge in [-0.3, -0.25) is 0 Å². The van der Waals surface area contributed by atoms with Crippen molar-refractivity contribution < 1.29 is 18.0 Å². The number of benzene rings is 1. The molecule has 1 aliphatic rings. The minimum absolute atomic E-state index is 0.0614. The molecule has 1 aromatic carbocycles. The number of pyridine rings is 1. The van der Waals surface area contributed by atoms with Gasteiger partial charge in [0, 0.05) is 49.4 Å². The molecule has 4 rings (SSSR count). The lowest BCUT2D eigenvalue weighted by Crippen LogP contribution is -2.33. The van der Waals surface area contributed by atoms with E-state index >= 15 is 0 Å². The predicted octanol–water partition coefficient (Wildman–Crippen LogP) is 4.72. The number of carbonyl (C=O) groups is 1. The number of fused-ring (bicyclic) bond motifs is 1. The number of nitrogens with one attached hydrogen (secondary N) is 2. The second kappa shape index (κ2) is 9.13. The standard InChI is InChI=1S/C23H22F3N7O/c1-13-3-4-16(30-22(34)33-6-5-14(12-33)9-23(24,25)26)8-17(13)18-7-15-11-29-21(28-2)32-20(15)31-19(18)10-27/h3-4,7-8,11,14H,5-6,9,12H2,1-2H3,(H,30,34)(H,28,29,31,32). The lowest BCUT2D eigenvalue weighted by atomic mass is 9.98. The third-order valence-corrected chi connectivity index (χ3v) is 5.77. The molecule has 34 heavy (non-hydrogen) atoms. The van der Waals surface area contributed by atoms with Gasteiger partial charge in [0.05, 0.1) is 0 Å². The summed E-state index contributed by atoms with van der Waals surface area (Å²) in [6.45, 7) is 2.20. The Bertz CT molecular complexity index is 1290. The minimum atomic E-state index is -4.24. The van der Waals surface area contributed by atoms with Crippen molar-refractivity contribution in [3.8, 4) is 17.2 Å². The number of hydrogen-bond acceptors (Lipinski definition) is 6. The van der Waals surface area contributed by atoms with Gasteiger partial charge in [-0.2, -0.15) is 23.4 Å². The Labute approximate surface area is 193 Å². The van der Waals surface area contributed by atoms with Crippen LogP contribution in [0.4, 0.5) is 29.6 Å². The second-order valence-corrected chi connectivity index (χ2v) is 8.23. The van der Waals surface area contributed by atoms with Gasteiger partial charge in [0.1, 0.15) is 6.07 Å². The van der Waals surface area contributed by atoms with E-state index in [2.05, 4.69) is 31.7 Å². The van der Waals surface area contributed by atoms with Crippen LogP contribution >= 0.6 is 0 Å². The van der Waals surface area contributed by atoms with Crippen LogP contribution in [0.2, 0.25) is 0 Å². The number of likely N-dealkylation sites (tertiary alicyclic amines) is 1. The SMILES string of the molecule is CNc1ncc2cc(-c3cc(NC(=O)N4CCC(CC(F)(F)F)C4)ccc3C)c(C#N)nc2n1. The van der Waals surface area contributed by atoms with E-state index in [9.17, 15) is 23.2 Å². The van der Waals surface area contributed by atoms with Gasteiger partial charge < -0.3 is 15.5 Å². The molecule has 11 heteroatoms. The number of nitriles is 1. The number of hydrogen-bond donors (Lipinski definition) is 2.